The molecule has 0 spiro atoms. The van der Waals surface area contributed by atoms with Gasteiger partial charge in [-0.25, -0.2) is 0 Å². The van der Waals surface area contributed by atoms with Crippen LogP contribution in [0.15, 0.2) is 42.5 Å². The van der Waals surface area contributed by atoms with Gasteiger partial charge in [-0.05, 0) is 49.2 Å². The molecule has 0 fully saturated rings. The topological polar surface area (TPSA) is 64.6 Å². The number of aryl methyl sites for hydroxylation is 2. The molecule has 0 aromatic heterocycles. The Hall–Kier alpha value is -2.82. The highest BCUT2D eigenvalue weighted by Crippen LogP contribution is 2.18. The van der Waals surface area contributed by atoms with Gasteiger partial charge in [-0.15, -0.1) is 0 Å². The van der Waals surface area contributed by atoms with E-state index in [9.17, 15) is 9.59 Å². The minimum absolute atomic E-state index is 0.0965. The van der Waals surface area contributed by atoms with Gasteiger partial charge in [0.05, 0.1) is 0 Å². The van der Waals surface area contributed by atoms with E-state index in [-0.39, 0.29) is 12.5 Å². The van der Waals surface area contributed by atoms with Crippen molar-refractivity contribution in [1.82, 2.24) is 0 Å². The van der Waals surface area contributed by atoms with Crippen LogP contribution in [0.4, 0.5) is 5.69 Å². The zero-order valence-corrected chi connectivity index (χ0v) is 13.4. The third-order valence-corrected chi connectivity index (χ3v) is 2.94. The van der Waals surface area contributed by atoms with Crippen molar-refractivity contribution in [3.8, 4) is 11.5 Å². The number of rotatable bonds is 5. The summed E-state index contributed by atoms with van der Waals surface area (Å²) in [5.41, 5.74) is 2.70. The second-order valence-corrected chi connectivity index (χ2v) is 5.28. The predicted octanol–water partition coefficient (Wildman–Crippen LogP) is 3.25. The van der Waals surface area contributed by atoms with Gasteiger partial charge in [-0.2, -0.15) is 0 Å². The lowest BCUT2D eigenvalue weighted by Gasteiger charge is -2.10. The number of anilines is 1. The third kappa shape index (κ3) is 5.47. The van der Waals surface area contributed by atoms with E-state index in [4.69, 9.17) is 9.47 Å². The number of nitrogens with one attached hydrogen (secondary N) is 1. The third-order valence-electron chi connectivity index (χ3n) is 2.94. The molecule has 120 valence electrons. The van der Waals surface area contributed by atoms with E-state index < -0.39 is 5.97 Å². The summed E-state index contributed by atoms with van der Waals surface area (Å²) in [5.74, 6) is 0.340. The molecular weight excluding hydrogens is 294 g/mol. The fraction of sp³-hybridized carbons (Fsp3) is 0.222. The molecule has 2 aromatic carbocycles. The first-order valence-electron chi connectivity index (χ1n) is 7.22. The van der Waals surface area contributed by atoms with Crippen molar-refractivity contribution in [3.63, 3.8) is 0 Å². The van der Waals surface area contributed by atoms with Crippen LogP contribution < -0.4 is 14.8 Å². The Balaban J connectivity index is 1.93. The predicted molar refractivity (Wildman–Crippen MR) is 87.8 cm³/mol. The summed E-state index contributed by atoms with van der Waals surface area (Å²) < 4.78 is 10.5. The van der Waals surface area contributed by atoms with Crippen LogP contribution in [0.2, 0.25) is 0 Å². The molecule has 5 heteroatoms. The van der Waals surface area contributed by atoms with Crippen molar-refractivity contribution < 1.29 is 19.1 Å². The molecule has 0 atom stereocenters. The van der Waals surface area contributed by atoms with E-state index in [1.165, 1.54) is 6.92 Å². The summed E-state index contributed by atoms with van der Waals surface area (Å²) in [6.45, 7) is 5.17. The van der Waals surface area contributed by atoms with Crippen molar-refractivity contribution in [2.45, 2.75) is 20.8 Å². The number of ether oxygens (including phenoxy) is 2. The molecule has 0 aliphatic heterocycles. The van der Waals surface area contributed by atoms with Crippen molar-refractivity contribution in [3.05, 3.63) is 53.6 Å². The first-order chi connectivity index (χ1) is 10.9. The molecule has 5 nitrogen and oxygen atoms in total. The molecule has 0 unspecified atom stereocenters. The molecular formula is C18H19NO4. The molecule has 0 radical (unpaired) electrons. The van der Waals surface area contributed by atoms with Crippen molar-refractivity contribution in [2.75, 3.05) is 11.9 Å². The summed E-state index contributed by atoms with van der Waals surface area (Å²) in [6, 6.07) is 12.4. The van der Waals surface area contributed by atoms with Crippen LogP contribution in [0, 0.1) is 13.8 Å². The average molecular weight is 313 g/mol. The number of benzene rings is 2. The smallest absolute Gasteiger partial charge is 0.308 e. The quantitative estimate of drug-likeness (QED) is 0.680. The summed E-state index contributed by atoms with van der Waals surface area (Å²) in [5, 5.41) is 2.70. The molecule has 2 rings (SSSR count). The largest absolute Gasteiger partial charge is 0.484 e. The fourth-order valence-electron chi connectivity index (χ4n) is 2.17. The lowest BCUT2D eigenvalue weighted by Crippen LogP contribution is -2.20. The van der Waals surface area contributed by atoms with E-state index in [0.717, 1.165) is 11.1 Å². The summed E-state index contributed by atoms with van der Waals surface area (Å²) >= 11 is 0. The maximum Gasteiger partial charge on any atom is 0.308 e. The van der Waals surface area contributed by atoms with Crippen LogP contribution in [0.3, 0.4) is 0 Å². The van der Waals surface area contributed by atoms with Crippen molar-refractivity contribution >= 4 is 17.6 Å². The molecule has 0 saturated heterocycles. The highest BCUT2D eigenvalue weighted by Gasteiger charge is 2.06. The fourth-order valence-corrected chi connectivity index (χ4v) is 2.17. The Labute approximate surface area is 135 Å². The van der Waals surface area contributed by atoms with Gasteiger partial charge in [-0.3, -0.25) is 9.59 Å². The van der Waals surface area contributed by atoms with E-state index in [0.29, 0.717) is 17.2 Å². The first-order valence-corrected chi connectivity index (χ1v) is 7.22. The molecule has 1 amide bonds. The Morgan fingerprint density at radius 2 is 1.70 bits per heavy atom. The standard InChI is InChI=1S/C18H19NO4/c1-12-7-13(2)9-17(8-12)22-11-18(21)19-15-5-4-6-16(10-15)23-14(3)20/h4-10H,11H2,1-3H3,(H,19,21). The normalized spacial score (nSPS) is 10.0. The van der Waals surface area contributed by atoms with Crippen molar-refractivity contribution in [1.29, 1.82) is 0 Å². The zero-order valence-electron chi connectivity index (χ0n) is 13.4. The monoisotopic (exact) mass is 313 g/mol. The Morgan fingerprint density at radius 3 is 2.35 bits per heavy atom. The number of amides is 1. The molecule has 0 aliphatic carbocycles. The number of esters is 1. The SMILES string of the molecule is CC(=O)Oc1cccc(NC(=O)COc2cc(C)cc(C)c2)c1. The van der Waals surface area contributed by atoms with Crippen LogP contribution in [0.25, 0.3) is 0 Å². The Kier molecular flexibility index (Phi) is 5.36. The summed E-state index contributed by atoms with van der Waals surface area (Å²) in [7, 11) is 0. The van der Waals surface area contributed by atoms with Gasteiger partial charge in [0, 0.05) is 18.7 Å². The molecule has 0 saturated carbocycles. The van der Waals surface area contributed by atoms with Crippen molar-refractivity contribution in [2.24, 2.45) is 0 Å². The number of carbonyl (C=O) groups is 2. The van der Waals surface area contributed by atoms with Gasteiger partial charge in [0.2, 0.25) is 0 Å². The number of hydrogen-bond acceptors (Lipinski definition) is 4. The number of hydrogen-bond donors (Lipinski definition) is 1. The molecule has 1 N–H and O–H groups in total. The van der Waals surface area contributed by atoms with Crippen LogP contribution >= 0.6 is 0 Å². The zero-order chi connectivity index (χ0) is 16.8. The van der Waals surface area contributed by atoms with Crippen LogP contribution in [0.1, 0.15) is 18.1 Å². The van der Waals surface area contributed by atoms with Crippen LogP contribution in [-0.2, 0) is 9.59 Å². The van der Waals surface area contributed by atoms with Gasteiger partial charge < -0.3 is 14.8 Å². The highest BCUT2D eigenvalue weighted by atomic mass is 16.5. The maximum atomic E-state index is 11.9. The van der Waals surface area contributed by atoms with Gasteiger partial charge in [0.15, 0.2) is 6.61 Å². The molecule has 23 heavy (non-hydrogen) atoms. The van der Waals surface area contributed by atoms with E-state index in [1.54, 1.807) is 24.3 Å². The van der Waals surface area contributed by atoms with E-state index >= 15 is 0 Å². The Bertz CT molecular complexity index is 704. The van der Waals surface area contributed by atoms with Gasteiger partial charge in [0.1, 0.15) is 11.5 Å². The molecule has 2 aromatic rings. The molecule has 0 bridgehead atoms. The Morgan fingerprint density at radius 1 is 1.00 bits per heavy atom. The minimum atomic E-state index is -0.411. The maximum absolute atomic E-state index is 11.9. The van der Waals surface area contributed by atoms with E-state index in [2.05, 4.69) is 5.32 Å². The van der Waals surface area contributed by atoms with Gasteiger partial charge in [0.25, 0.3) is 5.91 Å². The van der Waals surface area contributed by atoms with Crippen LogP contribution in [-0.4, -0.2) is 18.5 Å². The lowest BCUT2D eigenvalue weighted by molar-refractivity contribution is -0.131. The first kappa shape index (κ1) is 16.5. The summed E-state index contributed by atoms with van der Waals surface area (Å²) in [6.07, 6.45) is 0. The molecule has 0 heterocycles. The van der Waals surface area contributed by atoms with E-state index in [1.807, 2.05) is 32.0 Å². The van der Waals surface area contributed by atoms with Crippen LogP contribution in [0.5, 0.6) is 11.5 Å². The van der Waals surface area contributed by atoms with Gasteiger partial charge >= 0.3 is 5.97 Å². The average Bonchev–Trinajstić information content (AvgIpc) is 2.44. The second kappa shape index (κ2) is 7.45. The summed E-state index contributed by atoms with van der Waals surface area (Å²) in [4.78, 5) is 22.9. The second-order valence-electron chi connectivity index (χ2n) is 5.28. The highest BCUT2D eigenvalue weighted by molar-refractivity contribution is 5.92. The lowest BCUT2D eigenvalue weighted by atomic mass is 10.1. The minimum Gasteiger partial charge on any atom is -0.484 e. The van der Waals surface area contributed by atoms with Gasteiger partial charge in [-0.1, -0.05) is 12.1 Å². The molecule has 0 aliphatic rings. The number of carbonyl (C=O) groups excluding carboxylic acids is 2.